The van der Waals surface area contributed by atoms with Crippen LogP contribution in [0.1, 0.15) is 21.7 Å². The van der Waals surface area contributed by atoms with E-state index in [0.717, 1.165) is 9.35 Å². The fourth-order valence-corrected chi connectivity index (χ4v) is 4.81. The molecule has 2 aromatic rings. The number of carbonyl (C=O) groups excluding carboxylic acids is 2. The number of nitrogens with zero attached hydrogens (tertiary/aromatic N) is 2. The van der Waals surface area contributed by atoms with Crippen LogP contribution in [0.15, 0.2) is 40.2 Å². The average Bonchev–Trinajstić information content (AvgIpc) is 3.15. The molecule has 0 aliphatic carbocycles. The molecule has 1 aromatic heterocycles. The lowest BCUT2D eigenvalue weighted by Gasteiger charge is -2.25. The number of aliphatic hydroxyl groups excluding tert-OH is 1. The molecule has 4 rings (SSSR count). The molecule has 0 radical (unpaired) electrons. The molecule has 1 N–H and O–H groups in total. The Balaban J connectivity index is 1.80. The van der Waals surface area contributed by atoms with Crippen LogP contribution in [0.25, 0.3) is 0 Å². The smallest absolute Gasteiger partial charge is 0.256 e. The Labute approximate surface area is 151 Å². The van der Waals surface area contributed by atoms with E-state index in [-0.39, 0.29) is 18.4 Å². The number of hydrogen-bond acceptors (Lipinski definition) is 4. The summed E-state index contributed by atoms with van der Waals surface area (Å²) in [5, 5.41) is 11.9. The van der Waals surface area contributed by atoms with Gasteiger partial charge in [0.05, 0.1) is 23.9 Å². The molecule has 0 spiro atoms. The van der Waals surface area contributed by atoms with Crippen LogP contribution in [0.4, 0.5) is 5.69 Å². The number of hydrogen-bond donors (Lipinski definition) is 1. The SMILES string of the molecule is O=C1[C@@H]2C[C@@H](O)CN2C(=O)c2ccccc2N1Cc1cc(Br)cs1. The van der Waals surface area contributed by atoms with E-state index < -0.39 is 12.1 Å². The first kappa shape index (κ1) is 15.8. The van der Waals surface area contributed by atoms with Crippen molar-refractivity contribution in [3.8, 4) is 0 Å². The van der Waals surface area contributed by atoms with Gasteiger partial charge in [0.25, 0.3) is 5.91 Å². The van der Waals surface area contributed by atoms with E-state index in [9.17, 15) is 14.7 Å². The molecular weight excluding hydrogens is 392 g/mol. The van der Waals surface area contributed by atoms with Crippen molar-refractivity contribution in [3.05, 3.63) is 50.6 Å². The van der Waals surface area contributed by atoms with Crippen LogP contribution in [0, 0.1) is 0 Å². The number of fused-ring (bicyclic) bond motifs is 2. The summed E-state index contributed by atoms with van der Waals surface area (Å²) in [7, 11) is 0. The lowest BCUT2D eigenvalue weighted by Crippen LogP contribution is -2.44. The number of halogens is 1. The van der Waals surface area contributed by atoms with E-state index >= 15 is 0 Å². The van der Waals surface area contributed by atoms with Gasteiger partial charge in [-0.2, -0.15) is 0 Å². The van der Waals surface area contributed by atoms with Gasteiger partial charge in [-0.25, -0.2) is 0 Å². The monoisotopic (exact) mass is 406 g/mol. The molecule has 2 aliphatic heterocycles. The van der Waals surface area contributed by atoms with Crippen LogP contribution in [0.2, 0.25) is 0 Å². The predicted molar refractivity (Wildman–Crippen MR) is 95.1 cm³/mol. The van der Waals surface area contributed by atoms with Gasteiger partial charge in [0.1, 0.15) is 6.04 Å². The Bertz CT molecular complexity index is 822. The molecule has 2 atom stereocenters. The molecule has 3 heterocycles. The second kappa shape index (κ2) is 5.98. The van der Waals surface area contributed by atoms with Crippen molar-refractivity contribution in [1.82, 2.24) is 4.90 Å². The van der Waals surface area contributed by atoms with Gasteiger partial charge in [-0.15, -0.1) is 11.3 Å². The maximum Gasteiger partial charge on any atom is 0.256 e. The Morgan fingerprint density at radius 3 is 2.83 bits per heavy atom. The highest BCUT2D eigenvalue weighted by Crippen LogP contribution is 2.34. The lowest BCUT2D eigenvalue weighted by molar-refractivity contribution is -0.122. The normalized spacial score (nSPS) is 23.2. The molecule has 1 fully saturated rings. The van der Waals surface area contributed by atoms with Crippen LogP contribution < -0.4 is 4.90 Å². The summed E-state index contributed by atoms with van der Waals surface area (Å²) in [6, 6.07) is 8.58. The number of rotatable bonds is 2. The predicted octanol–water partition coefficient (Wildman–Crippen LogP) is 2.63. The maximum absolute atomic E-state index is 13.1. The van der Waals surface area contributed by atoms with Gasteiger partial charge in [0, 0.05) is 27.7 Å². The van der Waals surface area contributed by atoms with Crippen molar-refractivity contribution in [3.63, 3.8) is 0 Å². The first-order valence-corrected chi connectivity index (χ1v) is 9.34. The molecule has 0 saturated carbocycles. The number of thiophene rings is 1. The summed E-state index contributed by atoms with van der Waals surface area (Å²) in [6.07, 6.45) is -0.352. The minimum Gasteiger partial charge on any atom is -0.391 e. The van der Waals surface area contributed by atoms with Gasteiger partial charge in [-0.05, 0) is 34.1 Å². The number of anilines is 1. The Morgan fingerprint density at radius 1 is 1.29 bits per heavy atom. The first-order chi connectivity index (χ1) is 11.5. The summed E-state index contributed by atoms with van der Waals surface area (Å²) >= 11 is 5.00. The topological polar surface area (TPSA) is 60.9 Å². The summed E-state index contributed by atoms with van der Waals surface area (Å²) in [4.78, 5) is 30.2. The van der Waals surface area contributed by atoms with Gasteiger partial charge in [-0.1, -0.05) is 12.1 Å². The van der Waals surface area contributed by atoms with Crippen molar-refractivity contribution in [2.75, 3.05) is 11.4 Å². The number of benzene rings is 1. The first-order valence-electron chi connectivity index (χ1n) is 7.67. The third kappa shape index (κ3) is 2.56. The number of aliphatic hydroxyl groups is 1. The average molecular weight is 407 g/mol. The van der Waals surface area contributed by atoms with Crippen molar-refractivity contribution >= 4 is 44.8 Å². The zero-order valence-corrected chi connectivity index (χ0v) is 15.1. The van der Waals surface area contributed by atoms with E-state index in [4.69, 9.17) is 0 Å². The molecule has 5 nitrogen and oxygen atoms in total. The van der Waals surface area contributed by atoms with Gasteiger partial charge < -0.3 is 14.9 Å². The van der Waals surface area contributed by atoms with Gasteiger partial charge in [0.15, 0.2) is 0 Å². The summed E-state index contributed by atoms with van der Waals surface area (Å²) in [6.45, 7) is 0.627. The van der Waals surface area contributed by atoms with Crippen molar-refractivity contribution < 1.29 is 14.7 Å². The molecule has 24 heavy (non-hydrogen) atoms. The van der Waals surface area contributed by atoms with Gasteiger partial charge >= 0.3 is 0 Å². The molecule has 0 bridgehead atoms. The van der Waals surface area contributed by atoms with E-state index in [1.54, 1.807) is 28.4 Å². The summed E-state index contributed by atoms with van der Waals surface area (Å²) in [5.74, 6) is -0.315. The minimum absolute atomic E-state index is 0.130. The molecular formula is C17H15BrN2O3S. The largest absolute Gasteiger partial charge is 0.391 e. The molecule has 1 aromatic carbocycles. The van der Waals surface area contributed by atoms with Crippen LogP contribution in [0.5, 0.6) is 0 Å². The third-order valence-corrected chi connectivity index (χ3v) is 6.13. The third-order valence-electron chi connectivity index (χ3n) is 4.45. The molecule has 2 amide bonds. The van der Waals surface area contributed by atoms with E-state index in [0.29, 0.717) is 24.2 Å². The molecule has 7 heteroatoms. The van der Waals surface area contributed by atoms with Crippen molar-refractivity contribution in [1.29, 1.82) is 0 Å². The van der Waals surface area contributed by atoms with E-state index in [2.05, 4.69) is 15.9 Å². The quantitative estimate of drug-likeness (QED) is 0.833. The fourth-order valence-electron chi connectivity index (χ4n) is 3.37. The number of amides is 2. The summed E-state index contributed by atoms with van der Waals surface area (Å²) in [5.41, 5.74) is 1.15. The van der Waals surface area contributed by atoms with E-state index in [1.807, 2.05) is 23.6 Å². The van der Waals surface area contributed by atoms with Crippen LogP contribution >= 0.6 is 27.3 Å². The van der Waals surface area contributed by atoms with Crippen LogP contribution in [0.3, 0.4) is 0 Å². The Kier molecular flexibility index (Phi) is 3.94. The molecule has 0 unspecified atom stereocenters. The van der Waals surface area contributed by atoms with Crippen molar-refractivity contribution in [2.45, 2.75) is 25.1 Å². The summed E-state index contributed by atoms with van der Waals surface area (Å²) < 4.78 is 0.979. The zero-order chi connectivity index (χ0) is 16.8. The van der Waals surface area contributed by atoms with Crippen molar-refractivity contribution in [2.24, 2.45) is 0 Å². The highest BCUT2D eigenvalue weighted by Gasteiger charge is 2.44. The second-order valence-corrected chi connectivity index (χ2v) is 7.95. The highest BCUT2D eigenvalue weighted by molar-refractivity contribution is 9.10. The molecule has 2 aliphatic rings. The molecule has 124 valence electrons. The van der Waals surface area contributed by atoms with E-state index in [1.165, 1.54) is 4.90 Å². The lowest BCUT2D eigenvalue weighted by atomic mass is 10.1. The maximum atomic E-state index is 13.1. The zero-order valence-electron chi connectivity index (χ0n) is 12.7. The number of para-hydroxylation sites is 1. The van der Waals surface area contributed by atoms with Gasteiger partial charge in [0.2, 0.25) is 5.91 Å². The highest BCUT2D eigenvalue weighted by atomic mass is 79.9. The number of carbonyl (C=O) groups is 2. The van der Waals surface area contributed by atoms with Crippen LogP contribution in [-0.4, -0.2) is 40.5 Å². The minimum atomic E-state index is -0.647. The van der Waals surface area contributed by atoms with Crippen LogP contribution in [-0.2, 0) is 11.3 Å². The van der Waals surface area contributed by atoms with Gasteiger partial charge in [-0.3, -0.25) is 9.59 Å². The second-order valence-electron chi connectivity index (χ2n) is 6.04. The standard InChI is InChI=1S/C17H15BrN2O3S/c18-10-5-12(24-9-10)8-20-14-4-2-1-3-13(14)16(22)19-7-11(21)6-15(19)17(20)23/h1-5,9,11,15,21H,6-8H2/t11-,15+/m1/s1. The Morgan fingerprint density at radius 2 is 2.08 bits per heavy atom. The Hall–Kier alpha value is -1.70. The molecule has 1 saturated heterocycles. The fraction of sp³-hybridized carbons (Fsp3) is 0.294.